The van der Waals surface area contributed by atoms with Crippen molar-refractivity contribution in [2.75, 3.05) is 0 Å². The first-order chi connectivity index (χ1) is 6.30. The maximum absolute atomic E-state index is 2.20. The van der Waals surface area contributed by atoms with Gasteiger partial charge in [-0.1, -0.05) is 71.9 Å². The van der Waals surface area contributed by atoms with Crippen molar-refractivity contribution in [2.24, 2.45) is 5.41 Å². The molecule has 0 aliphatic rings. The molecule has 0 saturated heterocycles. The van der Waals surface area contributed by atoms with Gasteiger partial charge in [0.15, 0.2) is 0 Å². The first kappa shape index (κ1) is 13.2. The minimum absolute atomic E-state index is 0.500. The van der Waals surface area contributed by atoms with Crippen molar-refractivity contribution >= 4 is 0 Å². The number of hydrogen-bond acceptors (Lipinski definition) is 0. The van der Waals surface area contributed by atoms with E-state index in [4.69, 9.17) is 0 Å². The molecule has 14 heavy (non-hydrogen) atoms. The zero-order valence-electron chi connectivity index (χ0n) is 10.5. The number of hydrogen-bond donors (Lipinski definition) is 0. The molecule has 0 heteroatoms. The molecule has 0 saturated carbocycles. The second-order valence-corrected chi connectivity index (χ2v) is 5.57. The summed E-state index contributed by atoms with van der Waals surface area (Å²) in [5.74, 6) is 0.659. The Hall–Kier alpha value is -0.780. The SMILES string of the molecule is CC(C)(C)C.CC(C)c1ccccc1. The van der Waals surface area contributed by atoms with Gasteiger partial charge in [-0.25, -0.2) is 0 Å². The molecule has 0 N–H and O–H groups in total. The van der Waals surface area contributed by atoms with Crippen LogP contribution < -0.4 is 0 Å². The molecule has 0 nitrogen and oxygen atoms in total. The van der Waals surface area contributed by atoms with Crippen LogP contribution in [0.4, 0.5) is 0 Å². The molecule has 0 aromatic heterocycles. The zero-order valence-corrected chi connectivity index (χ0v) is 10.5. The van der Waals surface area contributed by atoms with Crippen LogP contribution in [-0.4, -0.2) is 0 Å². The highest BCUT2D eigenvalue weighted by atomic mass is 14.0. The number of rotatable bonds is 1. The van der Waals surface area contributed by atoms with Gasteiger partial charge in [-0.3, -0.25) is 0 Å². The second kappa shape index (κ2) is 5.85. The summed E-state index contributed by atoms with van der Waals surface area (Å²) in [4.78, 5) is 0. The molecule has 0 bridgehead atoms. The second-order valence-electron chi connectivity index (χ2n) is 5.57. The highest BCUT2D eigenvalue weighted by molar-refractivity contribution is 5.17. The summed E-state index contributed by atoms with van der Waals surface area (Å²) in [6.45, 7) is 13.2. The fourth-order valence-corrected chi connectivity index (χ4v) is 0.838. The summed E-state index contributed by atoms with van der Waals surface area (Å²) >= 11 is 0. The summed E-state index contributed by atoms with van der Waals surface area (Å²) in [5.41, 5.74) is 1.91. The van der Waals surface area contributed by atoms with E-state index in [1.165, 1.54) is 5.56 Å². The lowest BCUT2D eigenvalue weighted by atomic mass is 10.0. The van der Waals surface area contributed by atoms with Crippen molar-refractivity contribution in [3.8, 4) is 0 Å². The molecule has 1 rings (SSSR count). The average molecular weight is 192 g/mol. The van der Waals surface area contributed by atoms with E-state index in [9.17, 15) is 0 Å². The van der Waals surface area contributed by atoms with E-state index >= 15 is 0 Å². The molecule has 0 spiro atoms. The van der Waals surface area contributed by atoms with Crippen LogP contribution in [0.25, 0.3) is 0 Å². The summed E-state index contributed by atoms with van der Waals surface area (Å²) in [7, 11) is 0. The standard InChI is InChI=1S/C9H12.C5H12/c1-8(2)9-6-4-3-5-7-9;1-5(2,3)4/h3-8H,1-2H3;1-4H3. The molecule has 0 aliphatic carbocycles. The van der Waals surface area contributed by atoms with Gasteiger partial charge in [0, 0.05) is 0 Å². The van der Waals surface area contributed by atoms with E-state index in [2.05, 4.69) is 65.8 Å². The normalized spacial score (nSPS) is 10.8. The van der Waals surface area contributed by atoms with E-state index in [1.54, 1.807) is 0 Å². The fourth-order valence-electron chi connectivity index (χ4n) is 0.838. The Kier molecular flexibility index (Phi) is 5.52. The maximum Gasteiger partial charge on any atom is -0.0219 e. The Morgan fingerprint density at radius 1 is 0.857 bits per heavy atom. The van der Waals surface area contributed by atoms with Gasteiger partial charge in [-0.05, 0) is 16.9 Å². The monoisotopic (exact) mass is 192 g/mol. The van der Waals surface area contributed by atoms with Crippen LogP contribution in [0.1, 0.15) is 53.0 Å². The summed E-state index contributed by atoms with van der Waals surface area (Å²) in [5, 5.41) is 0. The highest BCUT2D eigenvalue weighted by Gasteiger charge is 1.95. The largest absolute Gasteiger partial charge is 0.0622 e. The van der Waals surface area contributed by atoms with Crippen molar-refractivity contribution < 1.29 is 0 Å². The predicted molar refractivity (Wildman–Crippen MR) is 65.7 cm³/mol. The first-order valence-electron chi connectivity index (χ1n) is 5.35. The average Bonchev–Trinajstić information content (AvgIpc) is 2.03. The van der Waals surface area contributed by atoms with Crippen LogP contribution in [0.5, 0.6) is 0 Å². The van der Waals surface area contributed by atoms with Gasteiger partial charge < -0.3 is 0 Å². The van der Waals surface area contributed by atoms with Gasteiger partial charge in [-0.2, -0.15) is 0 Å². The minimum Gasteiger partial charge on any atom is -0.0622 e. The van der Waals surface area contributed by atoms with E-state index in [1.807, 2.05) is 6.07 Å². The Morgan fingerprint density at radius 3 is 1.43 bits per heavy atom. The third-order valence-electron chi connectivity index (χ3n) is 1.47. The van der Waals surface area contributed by atoms with Crippen molar-refractivity contribution in [1.29, 1.82) is 0 Å². The Morgan fingerprint density at radius 2 is 1.21 bits per heavy atom. The molecule has 0 heterocycles. The van der Waals surface area contributed by atoms with Crippen LogP contribution in [-0.2, 0) is 0 Å². The minimum atomic E-state index is 0.500. The van der Waals surface area contributed by atoms with E-state index < -0.39 is 0 Å². The third-order valence-corrected chi connectivity index (χ3v) is 1.47. The lowest BCUT2D eigenvalue weighted by Crippen LogP contribution is -1.93. The Bertz CT molecular complexity index is 220. The molecule has 0 atom stereocenters. The van der Waals surface area contributed by atoms with Crippen molar-refractivity contribution in [1.82, 2.24) is 0 Å². The van der Waals surface area contributed by atoms with Gasteiger partial charge in [-0.15, -0.1) is 0 Å². The summed E-state index contributed by atoms with van der Waals surface area (Å²) in [6, 6.07) is 10.5. The van der Waals surface area contributed by atoms with E-state index in [-0.39, 0.29) is 0 Å². The topological polar surface area (TPSA) is 0 Å². The van der Waals surface area contributed by atoms with Gasteiger partial charge in [0.2, 0.25) is 0 Å². The van der Waals surface area contributed by atoms with E-state index in [0.29, 0.717) is 11.3 Å². The predicted octanol–water partition coefficient (Wildman–Crippen LogP) is 4.86. The van der Waals surface area contributed by atoms with Gasteiger partial charge in [0.25, 0.3) is 0 Å². The lowest BCUT2D eigenvalue weighted by molar-refractivity contribution is 0.469. The molecule has 1 aromatic rings. The molecule has 0 radical (unpaired) electrons. The Balaban J connectivity index is 0.000000292. The summed E-state index contributed by atoms with van der Waals surface area (Å²) < 4.78 is 0. The molecule has 0 fully saturated rings. The van der Waals surface area contributed by atoms with Gasteiger partial charge in [0.05, 0.1) is 0 Å². The van der Waals surface area contributed by atoms with Crippen molar-refractivity contribution in [3.63, 3.8) is 0 Å². The Labute approximate surface area is 89.4 Å². The van der Waals surface area contributed by atoms with Crippen LogP contribution in [0.2, 0.25) is 0 Å². The molecule has 0 unspecified atom stereocenters. The number of benzene rings is 1. The third kappa shape index (κ3) is 9.31. The van der Waals surface area contributed by atoms with Crippen LogP contribution in [0.15, 0.2) is 30.3 Å². The molecular formula is C14H24. The van der Waals surface area contributed by atoms with Crippen LogP contribution in [0.3, 0.4) is 0 Å². The smallest absolute Gasteiger partial charge is 0.0219 e. The van der Waals surface area contributed by atoms with Crippen LogP contribution >= 0.6 is 0 Å². The van der Waals surface area contributed by atoms with Crippen LogP contribution in [0, 0.1) is 5.41 Å². The fraction of sp³-hybridized carbons (Fsp3) is 0.571. The molecule has 0 amide bonds. The highest BCUT2D eigenvalue weighted by Crippen LogP contribution is 2.11. The molecule has 1 aromatic carbocycles. The van der Waals surface area contributed by atoms with Crippen molar-refractivity contribution in [3.05, 3.63) is 35.9 Å². The molecular weight excluding hydrogens is 168 g/mol. The zero-order chi connectivity index (χ0) is 11.2. The quantitative estimate of drug-likeness (QED) is 0.596. The summed E-state index contributed by atoms with van der Waals surface area (Å²) in [6.07, 6.45) is 0. The van der Waals surface area contributed by atoms with Gasteiger partial charge >= 0.3 is 0 Å². The molecule has 0 aliphatic heterocycles. The van der Waals surface area contributed by atoms with E-state index in [0.717, 1.165) is 0 Å². The lowest BCUT2D eigenvalue weighted by Gasteiger charge is -2.05. The first-order valence-corrected chi connectivity index (χ1v) is 5.35. The molecule has 80 valence electrons. The maximum atomic E-state index is 2.20. The van der Waals surface area contributed by atoms with Crippen molar-refractivity contribution in [2.45, 2.75) is 47.5 Å². The van der Waals surface area contributed by atoms with Gasteiger partial charge in [0.1, 0.15) is 0 Å².